The second-order valence-corrected chi connectivity index (χ2v) is 8.60. The summed E-state index contributed by atoms with van der Waals surface area (Å²) in [6.07, 6.45) is 2.26. The molecule has 1 unspecified atom stereocenters. The molecule has 0 saturated carbocycles. The van der Waals surface area contributed by atoms with Crippen LogP contribution in [0.3, 0.4) is 0 Å². The lowest BCUT2D eigenvalue weighted by molar-refractivity contribution is 0.0573. The molecule has 0 bridgehead atoms. The van der Waals surface area contributed by atoms with Crippen molar-refractivity contribution in [1.29, 1.82) is 0 Å². The van der Waals surface area contributed by atoms with Crippen LogP contribution in [0.2, 0.25) is 0 Å². The van der Waals surface area contributed by atoms with Crippen molar-refractivity contribution in [2.45, 2.75) is 12.8 Å². The van der Waals surface area contributed by atoms with Gasteiger partial charge in [0.25, 0.3) is 11.5 Å². The molecule has 9 nitrogen and oxygen atoms in total. The summed E-state index contributed by atoms with van der Waals surface area (Å²) in [5.41, 5.74) is 1.29. The summed E-state index contributed by atoms with van der Waals surface area (Å²) in [6.45, 7) is 0.135. The molecule has 1 N–H and O–H groups in total. The summed E-state index contributed by atoms with van der Waals surface area (Å²) in [5, 5.41) is 10.5. The van der Waals surface area contributed by atoms with E-state index in [1.54, 1.807) is 25.2 Å². The first kappa shape index (κ1) is 22.8. The summed E-state index contributed by atoms with van der Waals surface area (Å²) in [7, 11) is 3.07. The highest BCUT2D eigenvalue weighted by molar-refractivity contribution is 14.1. The number of ether oxygens (including phenoxy) is 1. The van der Waals surface area contributed by atoms with E-state index in [1.807, 2.05) is 24.3 Å². The minimum Gasteiger partial charge on any atom is -0.357 e. The van der Waals surface area contributed by atoms with Crippen molar-refractivity contribution in [2.75, 3.05) is 7.11 Å². The van der Waals surface area contributed by atoms with Crippen molar-refractivity contribution in [3.63, 3.8) is 0 Å². The molecule has 0 radical (unpaired) electrons. The van der Waals surface area contributed by atoms with Crippen LogP contribution in [0.25, 0.3) is 10.9 Å². The molecule has 168 valence electrons. The van der Waals surface area contributed by atoms with E-state index in [0.717, 1.165) is 9.13 Å². The van der Waals surface area contributed by atoms with Gasteiger partial charge >= 0.3 is 5.69 Å². The van der Waals surface area contributed by atoms with E-state index in [-0.39, 0.29) is 17.5 Å². The molecule has 1 atom stereocenters. The largest absolute Gasteiger partial charge is 0.357 e. The average molecular weight is 557 g/mol. The molecule has 2 aromatic heterocycles. The van der Waals surface area contributed by atoms with Crippen LogP contribution in [-0.4, -0.2) is 32.3 Å². The third-order valence-corrected chi connectivity index (χ3v) is 5.99. The van der Waals surface area contributed by atoms with Crippen molar-refractivity contribution in [1.82, 2.24) is 24.6 Å². The summed E-state index contributed by atoms with van der Waals surface area (Å²) in [6, 6.07) is 13.9. The molecule has 2 heterocycles. The Hall–Kier alpha value is -3.38. The third kappa shape index (κ3) is 4.71. The van der Waals surface area contributed by atoms with Crippen LogP contribution in [0.15, 0.2) is 70.5 Å². The number of aromatic nitrogens is 4. The molecule has 0 spiro atoms. The fraction of sp³-hybridized carbons (Fsp3) is 0.174. The van der Waals surface area contributed by atoms with Gasteiger partial charge in [-0.05, 0) is 64.6 Å². The minimum absolute atomic E-state index is 0.135. The predicted octanol–water partition coefficient (Wildman–Crippen LogP) is 2.22. The molecule has 4 aromatic rings. The van der Waals surface area contributed by atoms with Gasteiger partial charge in [0.1, 0.15) is 0 Å². The van der Waals surface area contributed by atoms with E-state index in [1.165, 1.54) is 34.7 Å². The Labute approximate surface area is 202 Å². The highest BCUT2D eigenvalue weighted by Gasteiger charge is 2.18. The van der Waals surface area contributed by atoms with Gasteiger partial charge in [0, 0.05) is 28.9 Å². The van der Waals surface area contributed by atoms with Crippen LogP contribution in [0.5, 0.6) is 0 Å². The number of benzene rings is 2. The van der Waals surface area contributed by atoms with Crippen molar-refractivity contribution in [3.8, 4) is 0 Å². The maximum absolute atomic E-state index is 13.2. The Balaban J connectivity index is 1.71. The number of methoxy groups -OCH3 is 1. The zero-order valence-corrected chi connectivity index (χ0v) is 20.0. The second-order valence-electron chi connectivity index (χ2n) is 7.36. The topological polar surface area (TPSA) is 108 Å². The Morgan fingerprint density at radius 1 is 1.12 bits per heavy atom. The molecule has 4 rings (SSSR count). The van der Waals surface area contributed by atoms with Gasteiger partial charge in [-0.1, -0.05) is 12.1 Å². The Morgan fingerprint density at radius 3 is 2.55 bits per heavy atom. The van der Waals surface area contributed by atoms with E-state index >= 15 is 0 Å². The SMILES string of the molecule is COC(NC(=O)c1ccc2c(c1)c(=O)n(Cc1ccc(I)cc1)c(=O)n2C)c1ccnnc1. The Bertz CT molecular complexity index is 1430. The third-order valence-electron chi connectivity index (χ3n) is 5.28. The molecule has 33 heavy (non-hydrogen) atoms. The first-order chi connectivity index (χ1) is 15.9. The zero-order chi connectivity index (χ0) is 23.5. The Morgan fingerprint density at radius 2 is 1.88 bits per heavy atom. The predicted molar refractivity (Wildman–Crippen MR) is 131 cm³/mol. The highest BCUT2D eigenvalue weighted by atomic mass is 127. The van der Waals surface area contributed by atoms with Crippen molar-refractivity contribution < 1.29 is 9.53 Å². The van der Waals surface area contributed by atoms with Gasteiger partial charge in [-0.25, -0.2) is 4.79 Å². The van der Waals surface area contributed by atoms with Crippen LogP contribution in [0, 0.1) is 3.57 Å². The van der Waals surface area contributed by atoms with Gasteiger partial charge in [0.15, 0.2) is 6.23 Å². The van der Waals surface area contributed by atoms with E-state index < -0.39 is 23.4 Å². The molecular formula is C23H20IN5O4. The summed E-state index contributed by atoms with van der Waals surface area (Å²) >= 11 is 2.19. The fourth-order valence-electron chi connectivity index (χ4n) is 3.51. The molecular weight excluding hydrogens is 537 g/mol. The first-order valence-electron chi connectivity index (χ1n) is 9.97. The smallest absolute Gasteiger partial charge is 0.331 e. The summed E-state index contributed by atoms with van der Waals surface area (Å²) in [4.78, 5) is 39.0. The van der Waals surface area contributed by atoms with Gasteiger partial charge in [-0.2, -0.15) is 10.2 Å². The van der Waals surface area contributed by atoms with E-state index in [2.05, 4.69) is 38.1 Å². The van der Waals surface area contributed by atoms with Gasteiger partial charge in [-0.15, -0.1) is 0 Å². The van der Waals surface area contributed by atoms with E-state index in [0.29, 0.717) is 11.1 Å². The molecule has 0 saturated heterocycles. The second kappa shape index (κ2) is 9.63. The number of amides is 1. The molecule has 0 aliphatic rings. The van der Waals surface area contributed by atoms with Gasteiger partial charge in [-0.3, -0.25) is 18.7 Å². The van der Waals surface area contributed by atoms with Crippen molar-refractivity contribution in [3.05, 3.63) is 102 Å². The molecule has 0 fully saturated rings. The number of carbonyl (C=O) groups excluding carboxylic acids is 1. The number of aryl methyl sites for hydroxylation is 1. The van der Waals surface area contributed by atoms with Gasteiger partial charge in [0.2, 0.25) is 0 Å². The number of rotatable bonds is 6. The normalized spacial score (nSPS) is 12.0. The fourth-order valence-corrected chi connectivity index (χ4v) is 3.87. The van der Waals surface area contributed by atoms with E-state index in [4.69, 9.17) is 4.74 Å². The van der Waals surface area contributed by atoms with Crippen LogP contribution in [0.4, 0.5) is 0 Å². The van der Waals surface area contributed by atoms with Gasteiger partial charge in [0.05, 0.1) is 29.8 Å². The molecule has 0 aliphatic carbocycles. The molecule has 2 aromatic carbocycles. The number of hydrogen-bond acceptors (Lipinski definition) is 6. The van der Waals surface area contributed by atoms with Crippen molar-refractivity contribution in [2.24, 2.45) is 7.05 Å². The number of halogens is 1. The molecule has 1 amide bonds. The Kier molecular flexibility index (Phi) is 6.65. The molecule has 10 heteroatoms. The minimum atomic E-state index is -0.735. The summed E-state index contributed by atoms with van der Waals surface area (Å²) < 4.78 is 9.00. The lowest BCUT2D eigenvalue weighted by Crippen LogP contribution is -2.39. The summed E-state index contributed by atoms with van der Waals surface area (Å²) in [5.74, 6) is -0.432. The maximum atomic E-state index is 13.2. The maximum Gasteiger partial charge on any atom is 0.331 e. The number of nitrogens with one attached hydrogen (secondary N) is 1. The number of nitrogens with zero attached hydrogens (tertiary/aromatic N) is 4. The van der Waals surface area contributed by atoms with Crippen LogP contribution in [0.1, 0.15) is 27.7 Å². The zero-order valence-electron chi connectivity index (χ0n) is 17.9. The van der Waals surface area contributed by atoms with Crippen LogP contribution >= 0.6 is 22.6 Å². The lowest BCUT2D eigenvalue weighted by Gasteiger charge is -2.17. The van der Waals surface area contributed by atoms with Crippen molar-refractivity contribution >= 4 is 39.4 Å². The monoisotopic (exact) mass is 557 g/mol. The standard InChI is InChI=1S/C23H20IN5O4/c1-28-19-8-5-15(20(30)27-21(33-2)16-9-10-25-26-12-16)11-18(19)22(31)29(23(28)32)13-14-3-6-17(24)7-4-14/h3-12,21H,13H2,1-2H3,(H,27,30). The van der Waals surface area contributed by atoms with Crippen LogP contribution < -0.4 is 16.6 Å². The quantitative estimate of drug-likeness (QED) is 0.288. The first-order valence-corrected chi connectivity index (χ1v) is 11.0. The van der Waals surface area contributed by atoms with Gasteiger partial charge < -0.3 is 10.1 Å². The molecule has 0 aliphatic heterocycles. The number of carbonyl (C=O) groups is 1. The number of hydrogen-bond donors (Lipinski definition) is 1. The number of fused-ring (bicyclic) bond motifs is 1. The average Bonchev–Trinajstić information content (AvgIpc) is 2.85. The highest BCUT2D eigenvalue weighted by Crippen LogP contribution is 2.15. The van der Waals surface area contributed by atoms with Crippen LogP contribution in [-0.2, 0) is 18.3 Å². The van der Waals surface area contributed by atoms with E-state index in [9.17, 15) is 14.4 Å². The lowest BCUT2D eigenvalue weighted by atomic mass is 10.1.